The Hall–Kier alpha value is -4.60. The van der Waals surface area contributed by atoms with Gasteiger partial charge in [0, 0.05) is 17.7 Å². The van der Waals surface area contributed by atoms with Crippen molar-refractivity contribution in [2.24, 2.45) is 0 Å². The topological polar surface area (TPSA) is 123 Å². The molecule has 1 fully saturated rings. The number of urea groups is 1. The first-order chi connectivity index (χ1) is 14.8. The van der Waals surface area contributed by atoms with Crippen molar-refractivity contribution in [3.63, 3.8) is 0 Å². The first-order valence-electron chi connectivity index (χ1n) is 8.85. The molecule has 154 valence electrons. The number of halogens is 1. The van der Waals surface area contributed by atoms with Gasteiger partial charge in [-0.05, 0) is 42.5 Å². The van der Waals surface area contributed by atoms with Gasteiger partial charge in [-0.2, -0.15) is 0 Å². The first-order valence-corrected chi connectivity index (χ1v) is 8.85. The van der Waals surface area contributed by atoms with Crippen molar-refractivity contribution in [2.75, 3.05) is 4.90 Å². The smallest absolute Gasteiger partial charge is 0.335 e. The van der Waals surface area contributed by atoms with Gasteiger partial charge in [-0.3, -0.25) is 25.0 Å². The minimum absolute atomic E-state index is 0.0824. The lowest BCUT2D eigenvalue weighted by atomic mass is 10.1. The Bertz CT molecular complexity index is 1260. The van der Waals surface area contributed by atoms with Gasteiger partial charge in [-0.25, -0.2) is 14.1 Å². The fraction of sp³-hybridized carbons (Fsp3) is 0. The van der Waals surface area contributed by atoms with Crippen LogP contribution in [0.5, 0.6) is 0 Å². The number of nitrogens with one attached hydrogen (secondary N) is 1. The number of hydrogen-bond donors (Lipinski definition) is 1. The van der Waals surface area contributed by atoms with E-state index in [0.29, 0.717) is 10.5 Å². The predicted molar refractivity (Wildman–Crippen MR) is 106 cm³/mol. The molecule has 9 nitrogen and oxygen atoms in total. The lowest BCUT2D eigenvalue weighted by Crippen LogP contribution is -2.54. The van der Waals surface area contributed by atoms with Crippen LogP contribution >= 0.6 is 0 Å². The van der Waals surface area contributed by atoms with E-state index < -0.39 is 28.6 Å². The van der Waals surface area contributed by atoms with Crippen molar-refractivity contribution in [1.29, 1.82) is 0 Å². The van der Waals surface area contributed by atoms with Gasteiger partial charge >= 0.3 is 6.03 Å². The van der Waals surface area contributed by atoms with Crippen molar-refractivity contribution < 1.29 is 28.1 Å². The first kappa shape index (κ1) is 19.7. The molecule has 1 aliphatic heterocycles. The van der Waals surface area contributed by atoms with E-state index in [1.165, 1.54) is 42.5 Å². The van der Waals surface area contributed by atoms with Crippen molar-refractivity contribution in [3.05, 3.63) is 87.9 Å². The van der Waals surface area contributed by atoms with Crippen LogP contribution in [-0.2, 0) is 9.59 Å². The second-order valence-electron chi connectivity index (χ2n) is 6.44. The molecule has 0 spiro atoms. The third-order valence-electron chi connectivity index (χ3n) is 4.44. The van der Waals surface area contributed by atoms with E-state index in [0.717, 1.165) is 18.2 Å². The van der Waals surface area contributed by atoms with Crippen LogP contribution in [0.15, 0.2) is 70.7 Å². The highest BCUT2D eigenvalue weighted by Gasteiger charge is 2.37. The molecule has 0 unspecified atom stereocenters. The number of hydrogen-bond acceptors (Lipinski definition) is 6. The zero-order valence-electron chi connectivity index (χ0n) is 15.6. The summed E-state index contributed by atoms with van der Waals surface area (Å²) < 4.78 is 18.8. The molecular formula is C21H12FN3O6. The predicted octanol–water partition coefficient (Wildman–Crippen LogP) is 3.66. The van der Waals surface area contributed by atoms with Crippen LogP contribution in [-0.4, -0.2) is 22.8 Å². The molecule has 31 heavy (non-hydrogen) atoms. The number of rotatable bonds is 4. The molecule has 0 radical (unpaired) electrons. The molecule has 0 aliphatic carbocycles. The van der Waals surface area contributed by atoms with Crippen molar-refractivity contribution in [2.45, 2.75) is 0 Å². The average molecular weight is 421 g/mol. The maximum atomic E-state index is 13.2. The minimum atomic E-state index is -0.963. The number of amides is 4. The summed E-state index contributed by atoms with van der Waals surface area (Å²) in [5.41, 5.74) is 0.0216. The van der Waals surface area contributed by atoms with Gasteiger partial charge in [-0.15, -0.1) is 0 Å². The Balaban J connectivity index is 1.66. The molecule has 1 N–H and O–H groups in total. The monoisotopic (exact) mass is 421 g/mol. The summed E-state index contributed by atoms with van der Waals surface area (Å²) in [6.45, 7) is 0. The lowest BCUT2D eigenvalue weighted by molar-refractivity contribution is -0.384. The molecule has 1 saturated heterocycles. The van der Waals surface area contributed by atoms with Crippen molar-refractivity contribution in [3.8, 4) is 11.3 Å². The van der Waals surface area contributed by atoms with Crippen LogP contribution in [0.25, 0.3) is 17.4 Å². The Morgan fingerprint density at radius 1 is 1.03 bits per heavy atom. The molecule has 1 aromatic heterocycles. The Morgan fingerprint density at radius 2 is 1.77 bits per heavy atom. The SMILES string of the molecule is O=C1NC(=O)N(c2ccc(F)cc2)C(=O)/C1=C\c1ccc(-c2cccc([N+](=O)[O-])c2)o1. The summed E-state index contributed by atoms with van der Waals surface area (Å²) in [6, 6.07) is 12.4. The average Bonchev–Trinajstić information content (AvgIpc) is 3.21. The summed E-state index contributed by atoms with van der Waals surface area (Å²) in [5, 5.41) is 13.0. The van der Waals surface area contributed by atoms with E-state index in [1.54, 1.807) is 6.07 Å². The molecule has 1 aliphatic rings. The van der Waals surface area contributed by atoms with Crippen LogP contribution < -0.4 is 10.2 Å². The summed E-state index contributed by atoms with van der Waals surface area (Å²) >= 11 is 0. The number of carbonyl (C=O) groups is 3. The summed E-state index contributed by atoms with van der Waals surface area (Å²) in [7, 11) is 0. The second-order valence-corrected chi connectivity index (χ2v) is 6.44. The van der Waals surface area contributed by atoms with Crippen molar-refractivity contribution >= 4 is 35.3 Å². The number of benzene rings is 2. The van der Waals surface area contributed by atoms with Crippen LogP contribution in [0.2, 0.25) is 0 Å². The zero-order chi connectivity index (χ0) is 22.1. The third kappa shape index (κ3) is 3.81. The van der Waals surface area contributed by atoms with E-state index in [-0.39, 0.29) is 28.5 Å². The second kappa shape index (κ2) is 7.67. The number of barbiturate groups is 1. The normalized spacial score (nSPS) is 15.3. The van der Waals surface area contributed by atoms with Crippen LogP contribution in [0.3, 0.4) is 0 Å². The van der Waals surface area contributed by atoms with Crippen LogP contribution in [0, 0.1) is 15.9 Å². The van der Waals surface area contributed by atoms with E-state index in [1.807, 2.05) is 0 Å². The number of non-ortho nitro benzene ring substituents is 1. The molecular weight excluding hydrogens is 409 g/mol. The molecule has 2 aromatic carbocycles. The molecule has 4 rings (SSSR count). The Kier molecular flexibility index (Phi) is 4.88. The summed E-state index contributed by atoms with van der Waals surface area (Å²) in [6.07, 6.45) is 1.15. The Morgan fingerprint density at radius 3 is 2.48 bits per heavy atom. The fourth-order valence-electron chi connectivity index (χ4n) is 2.98. The van der Waals surface area contributed by atoms with E-state index in [9.17, 15) is 28.9 Å². The summed E-state index contributed by atoms with van der Waals surface area (Å²) in [4.78, 5) is 48.3. The number of nitrogens with zero attached hydrogens (tertiary/aromatic N) is 2. The number of carbonyl (C=O) groups excluding carboxylic acids is 3. The largest absolute Gasteiger partial charge is 0.457 e. The van der Waals surface area contributed by atoms with Gasteiger partial charge in [0.15, 0.2) is 0 Å². The van der Waals surface area contributed by atoms with Crippen LogP contribution in [0.1, 0.15) is 5.76 Å². The van der Waals surface area contributed by atoms with Gasteiger partial charge in [0.05, 0.1) is 10.6 Å². The van der Waals surface area contributed by atoms with E-state index >= 15 is 0 Å². The number of furan rings is 1. The molecule has 2 heterocycles. The lowest BCUT2D eigenvalue weighted by Gasteiger charge is -2.26. The zero-order valence-corrected chi connectivity index (χ0v) is 15.6. The molecule has 0 atom stereocenters. The molecule has 0 saturated carbocycles. The molecule has 0 bridgehead atoms. The third-order valence-corrected chi connectivity index (χ3v) is 4.44. The fourth-order valence-corrected chi connectivity index (χ4v) is 2.98. The molecule has 3 aromatic rings. The highest BCUT2D eigenvalue weighted by Crippen LogP contribution is 2.28. The van der Waals surface area contributed by atoms with Crippen molar-refractivity contribution in [1.82, 2.24) is 5.32 Å². The molecule has 4 amide bonds. The maximum Gasteiger partial charge on any atom is 0.335 e. The highest BCUT2D eigenvalue weighted by atomic mass is 19.1. The van der Waals surface area contributed by atoms with E-state index in [2.05, 4.69) is 5.32 Å². The number of nitro benzene ring substituents is 1. The highest BCUT2D eigenvalue weighted by molar-refractivity contribution is 6.39. The van der Waals surface area contributed by atoms with Gasteiger partial charge in [0.25, 0.3) is 17.5 Å². The van der Waals surface area contributed by atoms with Gasteiger partial charge in [0.2, 0.25) is 0 Å². The minimum Gasteiger partial charge on any atom is -0.457 e. The Labute approximate surface area is 173 Å². The molecule has 10 heteroatoms. The number of nitro groups is 1. The number of imide groups is 2. The number of anilines is 1. The summed E-state index contributed by atoms with van der Waals surface area (Å²) in [5.74, 6) is -1.97. The standard InChI is InChI=1S/C21H12FN3O6/c22-13-4-6-14(7-5-13)24-20(27)17(19(26)23-21(24)28)11-16-8-9-18(31-16)12-2-1-3-15(10-12)25(29)30/h1-11H,(H,23,26,28)/b17-11-. The van der Waals surface area contributed by atoms with Crippen LogP contribution in [0.4, 0.5) is 20.6 Å². The van der Waals surface area contributed by atoms with Gasteiger partial charge in [-0.1, -0.05) is 12.1 Å². The van der Waals surface area contributed by atoms with Gasteiger partial charge in [0.1, 0.15) is 22.9 Å². The van der Waals surface area contributed by atoms with Gasteiger partial charge < -0.3 is 4.42 Å². The quantitative estimate of drug-likeness (QED) is 0.297. The van der Waals surface area contributed by atoms with E-state index in [4.69, 9.17) is 4.42 Å². The maximum absolute atomic E-state index is 13.2.